The summed E-state index contributed by atoms with van der Waals surface area (Å²) in [7, 11) is 0. The molecule has 0 atom stereocenters. The van der Waals surface area contributed by atoms with Crippen molar-refractivity contribution in [1.29, 1.82) is 0 Å². The Hall–Kier alpha value is -2.04. The van der Waals surface area contributed by atoms with Gasteiger partial charge in [-0.3, -0.25) is 9.97 Å². The second-order valence-corrected chi connectivity index (χ2v) is 3.54. The van der Waals surface area contributed by atoms with E-state index in [-0.39, 0.29) is 0 Å². The van der Waals surface area contributed by atoms with E-state index in [1.807, 2.05) is 0 Å². The van der Waals surface area contributed by atoms with E-state index in [1.165, 1.54) is 12.4 Å². The van der Waals surface area contributed by atoms with Crippen LogP contribution in [0.1, 0.15) is 13.3 Å². The Morgan fingerprint density at radius 2 is 2.06 bits per heavy atom. The normalized spacial score (nSPS) is 10.2. The standard InChI is InChI=1S/C12H13FN4/c1-2-4-16-12-11(15-6-7-17-12)9-3-5-14-8-10(9)13/h3,5-8H,2,4H2,1H3,(H,16,17). The van der Waals surface area contributed by atoms with Crippen LogP contribution >= 0.6 is 0 Å². The molecule has 0 bridgehead atoms. The van der Waals surface area contributed by atoms with Gasteiger partial charge in [0, 0.05) is 30.7 Å². The zero-order valence-corrected chi connectivity index (χ0v) is 9.52. The van der Waals surface area contributed by atoms with Gasteiger partial charge in [0.05, 0.1) is 6.20 Å². The van der Waals surface area contributed by atoms with Crippen molar-refractivity contribution in [3.63, 3.8) is 0 Å². The summed E-state index contributed by atoms with van der Waals surface area (Å²) >= 11 is 0. The number of nitrogens with one attached hydrogen (secondary N) is 1. The van der Waals surface area contributed by atoms with Crippen LogP contribution in [0.4, 0.5) is 10.2 Å². The van der Waals surface area contributed by atoms with E-state index < -0.39 is 5.82 Å². The van der Waals surface area contributed by atoms with Gasteiger partial charge >= 0.3 is 0 Å². The molecular weight excluding hydrogens is 219 g/mol. The smallest absolute Gasteiger partial charge is 0.152 e. The van der Waals surface area contributed by atoms with Crippen molar-refractivity contribution >= 4 is 5.82 Å². The van der Waals surface area contributed by atoms with Gasteiger partial charge in [-0.25, -0.2) is 9.37 Å². The number of hydrogen-bond donors (Lipinski definition) is 1. The van der Waals surface area contributed by atoms with Crippen molar-refractivity contribution in [1.82, 2.24) is 15.0 Å². The van der Waals surface area contributed by atoms with Crippen LogP contribution in [0.15, 0.2) is 30.9 Å². The first-order chi connectivity index (χ1) is 8.33. The fraction of sp³-hybridized carbons (Fsp3) is 0.250. The van der Waals surface area contributed by atoms with Crippen LogP contribution in [0.2, 0.25) is 0 Å². The van der Waals surface area contributed by atoms with Crippen LogP contribution in [0.5, 0.6) is 0 Å². The molecule has 0 aromatic carbocycles. The Kier molecular flexibility index (Phi) is 3.59. The first-order valence-electron chi connectivity index (χ1n) is 5.47. The van der Waals surface area contributed by atoms with E-state index in [0.717, 1.165) is 13.0 Å². The summed E-state index contributed by atoms with van der Waals surface area (Å²) in [5.74, 6) is 0.201. The van der Waals surface area contributed by atoms with Crippen molar-refractivity contribution in [2.45, 2.75) is 13.3 Å². The molecule has 1 N–H and O–H groups in total. The average molecular weight is 232 g/mol. The molecule has 4 nitrogen and oxygen atoms in total. The molecule has 2 rings (SSSR count). The minimum atomic E-state index is -0.396. The SMILES string of the molecule is CCCNc1nccnc1-c1ccncc1F. The van der Waals surface area contributed by atoms with Gasteiger partial charge < -0.3 is 5.32 Å². The van der Waals surface area contributed by atoms with Crippen molar-refractivity contribution < 1.29 is 4.39 Å². The minimum absolute atomic E-state index is 0.396. The van der Waals surface area contributed by atoms with E-state index in [4.69, 9.17) is 0 Å². The van der Waals surface area contributed by atoms with Crippen LogP contribution < -0.4 is 5.32 Å². The number of rotatable bonds is 4. The topological polar surface area (TPSA) is 50.7 Å². The van der Waals surface area contributed by atoms with Gasteiger partial charge in [-0.2, -0.15) is 0 Å². The van der Waals surface area contributed by atoms with Crippen LogP contribution in [-0.2, 0) is 0 Å². The van der Waals surface area contributed by atoms with Crippen molar-refractivity contribution in [3.05, 3.63) is 36.7 Å². The summed E-state index contributed by atoms with van der Waals surface area (Å²) in [4.78, 5) is 12.1. The molecule has 0 aliphatic rings. The summed E-state index contributed by atoms with van der Waals surface area (Å²) in [6.07, 6.45) is 6.81. The number of aromatic nitrogens is 3. The van der Waals surface area contributed by atoms with Gasteiger partial charge in [0.1, 0.15) is 5.69 Å². The molecule has 0 fully saturated rings. The zero-order chi connectivity index (χ0) is 12.1. The van der Waals surface area contributed by atoms with Crippen LogP contribution in [-0.4, -0.2) is 21.5 Å². The molecule has 2 heterocycles. The summed E-state index contributed by atoms with van der Waals surface area (Å²) < 4.78 is 13.6. The Labute approximate surface area is 99.0 Å². The molecule has 17 heavy (non-hydrogen) atoms. The summed E-state index contributed by atoms with van der Waals surface area (Å²) in [5, 5.41) is 3.13. The monoisotopic (exact) mass is 232 g/mol. The first-order valence-corrected chi connectivity index (χ1v) is 5.47. The van der Waals surface area contributed by atoms with Crippen LogP contribution in [0, 0.1) is 5.82 Å². The Balaban J connectivity index is 2.41. The fourth-order valence-corrected chi connectivity index (χ4v) is 1.48. The van der Waals surface area contributed by atoms with E-state index in [2.05, 4.69) is 27.2 Å². The number of hydrogen-bond acceptors (Lipinski definition) is 4. The molecule has 0 saturated heterocycles. The molecular formula is C12H13FN4. The maximum atomic E-state index is 13.6. The number of halogens is 1. The van der Waals surface area contributed by atoms with Crippen LogP contribution in [0.25, 0.3) is 11.3 Å². The third-order valence-corrected chi connectivity index (χ3v) is 2.27. The zero-order valence-electron chi connectivity index (χ0n) is 9.52. The van der Waals surface area contributed by atoms with E-state index in [9.17, 15) is 4.39 Å². The van der Waals surface area contributed by atoms with Gasteiger partial charge in [0.25, 0.3) is 0 Å². The number of nitrogens with zero attached hydrogens (tertiary/aromatic N) is 3. The molecule has 88 valence electrons. The minimum Gasteiger partial charge on any atom is -0.368 e. The molecule has 0 radical (unpaired) electrons. The Bertz CT molecular complexity index is 501. The van der Waals surface area contributed by atoms with Gasteiger partial charge in [-0.1, -0.05) is 6.92 Å². The van der Waals surface area contributed by atoms with E-state index in [0.29, 0.717) is 17.1 Å². The predicted molar refractivity (Wildman–Crippen MR) is 64.0 cm³/mol. The third kappa shape index (κ3) is 2.55. The highest BCUT2D eigenvalue weighted by atomic mass is 19.1. The Morgan fingerprint density at radius 3 is 2.82 bits per heavy atom. The van der Waals surface area contributed by atoms with Crippen LogP contribution in [0.3, 0.4) is 0 Å². The molecule has 0 saturated carbocycles. The van der Waals surface area contributed by atoms with Crippen molar-refractivity contribution in [2.75, 3.05) is 11.9 Å². The van der Waals surface area contributed by atoms with E-state index >= 15 is 0 Å². The predicted octanol–water partition coefficient (Wildman–Crippen LogP) is 2.50. The summed E-state index contributed by atoms with van der Waals surface area (Å²) in [5.41, 5.74) is 0.924. The second kappa shape index (κ2) is 5.34. The summed E-state index contributed by atoms with van der Waals surface area (Å²) in [6.45, 7) is 2.83. The van der Waals surface area contributed by atoms with Gasteiger partial charge in [0.15, 0.2) is 11.6 Å². The van der Waals surface area contributed by atoms with Gasteiger partial charge in [-0.05, 0) is 12.5 Å². The molecule has 0 unspecified atom stereocenters. The van der Waals surface area contributed by atoms with Crippen molar-refractivity contribution in [3.8, 4) is 11.3 Å². The highest BCUT2D eigenvalue weighted by Gasteiger charge is 2.11. The van der Waals surface area contributed by atoms with Crippen molar-refractivity contribution in [2.24, 2.45) is 0 Å². The largest absolute Gasteiger partial charge is 0.368 e. The van der Waals surface area contributed by atoms with Gasteiger partial charge in [0.2, 0.25) is 0 Å². The molecule has 0 amide bonds. The highest BCUT2D eigenvalue weighted by molar-refractivity contribution is 5.71. The molecule has 0 aliphatic heterocycles. The lowest BCUT2D eigenvalue weighted by Gasteiger charge is -2.09. The lowest BCUT2D eigenvalue weighted by atomic mass is 10.2. The number of pyridine rings is 1. The lowest BCUT2D eigenvalue weighted by molar-refractivity contribution is 0.624. The molecule has 2 aromatic rings. The van der Waals surface area contributed by atoms with Gasteiger partial charge in [-0.15, -0.1) is 0 Å². The highest BCUT2D eigenvalue weighted by Crippen LogP contribution is 2.25. The summed E-state index contributed by atoms with van der Waals surface area (Å²) in [6, 6.07) is 1.59. The Morgan fingerprint density at radius 1 is 1.24 bits per heavy atom. The second-order valence-electron chi connectivity index (χ2n) is 3.54. The molecule has 2 aromatic heterocycles. The fourth-order valence-electron chi connectivity index (χ4n) is 1.48. The number of anilines is 1. The molecule has 0 spiro atoms. The molecule has 0 aliphatic carbocycles. The maximum absolute atomic E-state index is 13.6. The quantitative estimate of drug-likeness (QED) is 0.879. The first kappa shape index (κ1) is 11.4. The molecule has 5 heteroatoms. The maximum Gasteiger partial charge on any atom is 0.152 e. The lowest BCUT2D eigenvalue weighted by Crippen LogP contribution is -2.05. The van der Waals surface area contributed by atoms with E-state index in [1.54, 1.807) is 18.5 Å². The average Bonchev–Trinajstić information content (AvgIpc) is 2.37. The third-order valence-electron chi connectivity index (χ3n) is 2.27.